The molecular weight excluding hydrogens is 349 g/mol. The highest BCUT2D eigenvalue weighted by molar-refractivity contribution is 9.10. The van der Waals surface area contributed by atoms with Gasteiger partial charge in [-0.1, -0.05) is 30.3 Å². The highest BCUT2D eigenvalue weighted by atomic mass is 79.9. The van der Waals surface area contributed by atoms with Crippen LogP contribution in [-0.2, 0) is 6.54 Å². The molecule has 0 aliphatic carbocycles. The number of hydrogen-bond acceptors (Lipinski definition) is 2. The van der Waals surface area contributed by atoms with Gasteiger partial charge in [-0.05, 0) is 51.8 Å². The molecule has 0 aliphatic heterocycles. The molecule has 0 aliphatic rings. The van der Waals surface area contributed by atoms with E-state index in [0.717, 1.165) is 12.2 Å². The van der Waals surface area contributed by atoms with Crippen molar-refractivity contribution in [1.82, 2.24) is 0 Å². The van der Waals surface area contributed by atoms with Crippen LogP contribution < -0.4 is 5.32 Å². The summed E-state index contributed by atoms with van der Waals surface area (Å²) in [5.41, 5.74) is 2.14. The van der Waals surface area contributed by atoms with Crippen molar-refractivity contribution in [1.29, 1.82) is 0 Å². The summed E-state index contributed by atoms with van der Waals surface area (Å²) in [7, 11) is 0. The second kappa shape index (κ2) is 6.41. The zero-order chi connectivity index (χ0) is 14.7. The molecule has 21 heavy (non-hydrogen) atoms. The van der Waals surface area contributed by atoms with Crippen molar-refractivity contribution in [3.05, 3.63) is 75.8 Å². The van der Waals surface area contributed by atoms with Gasteiger partial charge in [-0.25, -0.2) is 4.39 Å². The normalized spacial score (nSPS) is 10.6. The maximum atomic E-state index is 13.2. The fourth-order valence-corrected chi connectivity index (χ4v) is 3.36. The van der Waals surface area contributed by atoms with Gasteiger partial charge in [0, 0.05) is 22.0 Å². The average molecular weight is 362 g/mol. The van der Waals surface area contributed by atoms with E-state index in [-0.39, 0.29) is 5.82 Å². The van der Waals surface area contributed by atoms with E-state index in [9.17, 15) is 4.39 Å². The van der Waals surface area contributed by atoms with Crippen LogP contribution in [0.15, 0.2) is 65.1 Å². The summed E-state index contributed by atoms with van der Waals surface area (Å²) in [6.07, 6.45) is 0. The third-order valence-corrected chi connectivity index (χ3v) is 4.85. The molecular formula is C17H13BrFNS. The minimum Gasteiger partial charge on any atom is -0.380 e. The van der Waals surface area contributed by atoms with Crippen molar-refractivity contribution in [3.8, 4) is 10.4 Å². The van der Waals surface area contributed by atoms with Gasteiger partial charge in [0.1, 0.15) is 5.82 Å². The van der Waals surface area contributed by atoms with Crippen LogP contribution in [0.25, 0.3) is 10.4 Å². The van der Waals surface area contributed by atoms with E-state index in [4.69, 9.17) is 0 Å². The Morgan fingerprint density at radius 1 is 1.00 bits per heavy atom. The minimum absolute atomic E-state index is 0.247. The Kier molecular flexibility index (Phi) is 4.36. The van der Waals surface area contributed by atoms with E-state index < -0.39 is 0 Å². The molecule has 0 atom stereocenters. The van der Waals surface area contributed by atoms with Gasteiger partial charge in [0.25, 0.3) is 0 Å². The molecule has 1 aromatic heterocycles. The van der Waals surface area contributed by atoms with Crippen LogP contribution in [0.4, 0.5) is 10.1 Å². The summed E-state index contributed by atoms with van der Waals surface area (Å²) in [6, 6.07) is 19.5. The van der Waals surface area contributed by atoms with Crippen LogP contribution in [0, 0.1) is 5.82 Å². The predicted molar refractivity (Wildman–Crippen MR) is 91.2 cm³/mol. The van der Waals surface area contributed by atoms with Crippen LogP contribution >= 0.6 is 27.3 Å². The molecule has 0 saturated carbocycles. The lowest BCUT2D eigenvalue weighted by Crippen LogP contribution is -1.97. The summed E-state index contributed by atoms with van der Waals surface area (Å²) in [5.74, 6) is -0.247. The van der Waals surface area contributed by atoms with E-state index in [1.165, 1.54) is 21.4 Å². The summed E-state index contributed by atoms with van der Waals surface area (Å²) < 4.78 is 13.7. The first kappa shape index (κ1) is 14.3. The van der Waals surface area contributed by atoms with Crippen molar-refractivity contribution in [3.63, 3.8) is 0 Å². The second-order valence-electron chi connectivity index (χ2n) is 4.61. The van der Waals surface area contributed by atoms with Gasteiger partial charge in [0.15, 0.2) is 0 Å². The van der Waals surface area contributed by atoms with Crippen molar-refractivity contribution >= 4 is 33.0 Å². The van der Waals surface area contributed by atoms with Crippen molar-refractivity contribution in [2.75, 3.05) is 5.32 Å². The Morgan fingerprint density at radius 2 is 1.81 bits per heavy atom. The fraction of sp³-hybridized carbons (Fsp3) is 0.0588. The van der Waals surface area contributed by atoms with Gasteiger partial charge >= 0.3 is 0 Å². The van der Waals surface area contributed by atoms with Crippen molar-refractivity contribution < 1.29 is 4.39 Å². The smallest absolute Gasteiger partial charge is 0.137 e. The summed E-state index contributed by atoms with van der Waals surface area (Å²) in [6.45, 7) is 0.732. The Labute approximate surface area is 135 Å². The molecule has 4 heteroatoms. The van der Waals surface area contributed by atoms with E-state index in [2.05, 4.69) is 45.5 Å². The van der Waals surface area contributed by atoms with Gasteiger partial charge < -0.3 is 5.32 Å². The SMILES string of the molecule is Fc1ccc(NCc2ccc(-c3ccccc3)s2)cc1Br. The highest BCUT2D eigenvalue weighted by Crippen LogP contribution is 2.28. The highest BCUT2D eigenvalue weighted by Gasteiger charge is 2.04. The van der Waals surface area contributed by atoms with E-state index in [1.807, 2.05) is 18.2 Å². The molecule has 2 aromatic carbocycles. The zero-order valence-corrected chi connectivity index (χ0v) is 13.5. The van der Waals surface area contributed by atoms with Crippen LogP contribution in [0.1, 0.15) is 4.88 Å². The molecule has 0 unspecified atom stereocenters. The number of benzene rings is 2. The zero-order valence-electron chi connectivity index (χ0n) is 11.1. The number of rotatable bonds is 4. The lowest BCUT2D eigenvalue weighted by molar-refractivity contribution is 0.621. The summed E-state index contributed by atoms with van der Waals surface area (Å²) >= 11 is 4.96. The molecule has 0 saturated heterocycles. The molecule has 1 heterocycles. The third kappa shape index (κ3) is 3.52. The van der Waals surface area contributed by atoms with Crippen LogP contribution in [0.5, 0.6) is 0 Å². The molecule has 0 amide bonds. The quantitative estimate of drug-likeness (QED) is 0.607. The molecule has 1 nitrogen and oxygen atoms in total. The first-order valence-electron chi connectivity index (χ1n) is 6.55. The maximum Gasteiger partial charge on any atom is 0.137 e. The molecule has 3 rings (SSSR count). The number of thiophene rings is 1. The largest absolute Gasteiger partial charge is 0.380 e. The number of halogens is 2. The molecule has 0 radical (unpaired) electrons. The number of nitrogens with one attached hydrogen (secondary N) is 1. The lowest BCUT2D eigenvalue weighted by atomic mass is 10.2. The van der Waals surface area contributed by atoms with E-state index in [0.29, 0.717) is 4.47 Å². The molecule has 0 fully saturated rings. The lowest BCUT2D eigenvalue weighted by Gasteiger charge is -2.05. The van der Waals surface area contributed by atoms with Gasteiger partial charge in [-0.2, -0.15) is 0 Å². The van der Waals surface area contributed by atoms with Gasteiger partial charge in [0.05, 0.1) is 4.47 Å². The summed E-state index contributed by atoms with van der Waals surface area (Å²) in [5, 5.41) is 3.31. The number of anilines is 1. The first-order chi connectivity index (χ1) is 10.2. The van der Waals surface area contributed by atoms with Crippen molar-refractivity contribution in [2.24, 2.45) is 0 Å². The minimum atomic E-state index is -0.247. The Bertz CT molecular complexity index is 740. The Hall–Kier alpha value is -1.65. The molecule has 0 spiro atoms. The number of hydrogen-bond donors (Lipinski definition) is 1. The van der Waals surface area contributed by atoms with Crippen molar-refractivity contribution in [2.45, 2.75) is 6.54 Å². The fourth-order valence-electron chi connectivity index (χ4n) is 2.03. The predicted octanol–water partition coefficient (Wildman–Crippen LogP) is 5.93. The van der Waals surface area contributed by atoms with E-state index >= 15 is 0 Å². The van der Waals surface area contributed by atoms with Crippen LogP contribution in [-0.4, -0.2) is 0 Å². The molecule has 1 N–H and O–H groups in total. The van der Waals surface area contributed by atoms with Gasteiger partial charge in [0.2, 0.25) is 0 Å². The van der Waals surface area contributed by atoms with Crippen LogP contribution in [0.2, 0.25) is 0 Å². The molecule has 0 bridgehead atoms. The first-order valence-corrected chi connectivity index (χ1v) is 8.16. The monoisotopic (exact) mass is 361 g/mol. The Morgan fingerprint density at radius 3 is 2.57 bits per heavy atom. The Balaban J connectivity index is 1.69. The summed E-state index contributed by atoms with van der Waals surface area (Å²) in [4.78, 5) is 2.50. The topological polar surface area (TPSA) is 12.0 Å². The average Bonchev–Trinajstić information content (AvgIpc) is 2.98. The maximum absolute atomic E-state index is 13.2. The third-order valence-electron chi connectivity index (χ3n) is 3.11. The standard InChI is InChI=1S/C17H13BrFNS/c18-15-10-13(6-8-16(15)19)20-11-14-7-9-17(21-14)12-4-2-1-3-5-12/h1-10,20H,11H2. The second-order valence-corrected chi connectivity index (χ2v) is 6.64. The van der Waals surface area contributed by atoms with E-state index in [1.54, 1.807) is 23.5 Å². The van der Waals surface area contributed by atoms with Crippen LogP contribution in [0.3, 0.4) is 0 Å². The van der Waals surface area contributed by atoms with Gasteiger partial charge in [-0.15, -0.1) is 11.3 Å². The molecule has 3 aromatic rings. The van der Waals surface area contributed by atoms with Gasteiger partial charge in [-0.3, -0.25) is 0 Å². The molecule has 106 valence electrons.